The average molecular weight is 792 g/mol. The Hall–Kier alpha value is -4.78. The number of thioether (sulfide) groups is 1. The predicted octanol–water partition coefficient (Wildman–Crippen LogP) is 5.14. The maximum absolute atomic E-state index is 15.1. The molecule has 7 aliphatic heterocycles. The summed E-state index contributed by atoms with van der Waals surface area (Å²) in [5.74, 6) is 1.65. The largest absolute Gasteiger partial charge is 0.504 e. The number of ether oxygens (including phenoxy) is 5. The Morgan fingerprint density at radius 1 is 1.12 bits per heavy atom. The summed E-state index contributed by atoms with van der Waals surface area (Å²) in [5, 5.41) is 24.0. The fourth-order valence-electron chi connectivity index (χ4n) is 11.1. The number of likely N-dealkylation sites (N-methyl/N-ethyl adjacent to an activating group) is 2. The molecule has 4 aromatic rings. The normalized spacial score (nSPS) is 29.2. The summed E-state index contributed by atoms with van der Waals surface area (Å²) in [4.78, 5) is 38.5. The monoisotopic (exact) mass is 791 g/mol. The highest BCUT2D eigenvalue weighted by atomic mass is 32.2. The minimum Gasteiger partial charge on any atom is -0.504 e. The highest BCUT2D eigenvalue weighted by Crippen LogP contribution is 2.64. The third-order valence-electron chi connectivity index (χ3n) is 13.6. The number of hydrogen-bond donors (Lipinski definition) is 2. The van der Waals surface area contributed by atoms with Crippen molar-refractivity contribution in [3.05, 3.63) is 75.0 Å². The van der Waals surface area contributed by atoms with E-state index in [1.807, 2.05) is 46.1 Å². The first-order valence-electron chi connectivity index (χ1n) is 19.5. The quantitative estimate of drug-likeness (QED) is 0.204. The van der Waals surface area contributed by atoms with Gasteiger partial charge in [-0.15, -0.1) is 11.8 Å². The molecule has 11 rings (SSSR count). The number of methoxy groups -OCH3 is 1. The van der Waals surface area contributed by atoms with Crippen molar-refractivity contribution in [3.8, 4) is 34.8 Å². The summed E-state index contributed by atoms with van der Waals surface area (Å²) < 4.78 is 31.1. The van der Waals surface area contributed by atoms with Gasteiger partial charge in [0, 0.05) is 70.2 Å². The van der Waals surface area contributed by atoms with Gasteiger partial charge in [0.05, 0.1) is 37.1 Å². The summed E-state index contributed by atoms with van der Waals surface area (Å²) in [5.41, 5.74) is 6.49. The van der Waals surface area contributed by atoms with Crippen LogP contribution in [0.15, 0.2) is 30.3 Å². The zero-order chi connectivity index (χ0) is 39.7. The van der Waals surface area contributed by atoms with Crippen molar-refractivity contribution < 1.29 is 38.4 Å². The van der Waals surface area contributed by atoms with Gasteiger partial charge in [-0.05, 0) is 63.5 Å². The summed E-state index contributed by atoms with van der Waals surface area (Å²) >= 11 is 1.61. The van der Waals surface area contributed by atoms with Gasteiger partial charge in [0.1, 0.15) is 23.9 Å². The van der Waals surface area contributed by atoms with Crippen LogP contribution >= 0.6 is 11.8 Å². The first-order chi connectivity index (χ1) is 27.5. The molecule has 13 nitrogen and oxygen atoms in total. The highest BCUT2D eigenvalue weighted by Gasteiger charge is 2.61. The van der Waals surface area contributed by atoms with Gasteiger partial charge >= 0.3 is 5.97 Å². The molecule has 0 saturated carbocycles. The van der Waals surface area contributed by atoms with Crippen LogP contribution in [0.4, 0.5) is 0 Å². The molecule has 2 N–H and O–H groups in total. The molecule has 7 aliphatic rings. The number of Topliss-reactive ketones (excluding diaryl/α,β-unsaturated/α-hetero) is 1. The Balaban J connectivity index is 1.27. The number of nitrogens with one attached hydrogen (secondary N) is 1. The van der Waals surface area contributed by atoms with Gasteiger partial charge in [0.2, 0.25) is 6.79 Å². The number of para-hydroxylation sites is 1. The number of esters is 1. The van der Waals surface area contributed by atoms with Gasteiger partial charge in [-0.1, -0.05) is 24.3 Å². The lowest BCUT2D eigenvalue weighted by atomic mass is 9.71. The van der Waals surface area contributed by atoms with Crippen molar-refractivity contribution in [2.75, 3.05) is 53.5 Å². The first-order valence-corrected chi connectivity index (χ1v) is 20.5. The second-order valence-corrected chi connectivity index (χ2v) is 17.4. The van der Waals surface area contributed by atoms with E-state index in [0.717, 1.165) is 56.4 Å². The van der Waals surface area contributed by atoms with Crippen LogP contribution in [0.2, 0.25) is 0 Å². The standard InChI is InChI=1S/C43H45N5O8S/c1-20-13-23-14-27-28(15-44)48-29-16-53-17-30(50)43(42-25(11-12-46(43)4)24-9-7-8-10-26(24)45-42)18-57-41(35(48)34(47(27)5)31(23)36(51)37(20)52-6)33-32(29)40-39(54-19-55-40)21(2)38(33)56-22(3)49/h7-10,13,27-29,34-35,41,45,51H,11-12,14,16-19H2,1-6H3/t27-,28-,29-,34+,35?,41+,43-/m0/s1. The van der Waals surface area contributed by atoms with Gasteiger partial charge in [0.25, 0.3) is 0 Å². The number of phenols is 1. The van der Waals surface area contributed by atoms with Gasteiger partial charge in [-0.25, -0.2) is 0 Å². The maximum Gasteiger partial charge on any atom is 0.308 e. The number of aromatic amines is 1. The number of aromatic hydroxyl groups is 1. The van der Waals surface area contributed by atoms with Gasteiger partial charge in [-0.3, -0.25) is 24.3 Å². The highest BCUT2D eigenvalue weighted by molar-refractivity contribution is 7.99. The molecule has 1 spiro atoms. The fraction of sp³-hybridized carbons (Fsp3) is 0.465. The minimum atomic E-state index is -1.11. The summed E-state index contributed by atoms with van der Waals surface area (Å²) in [6.07, 6.45) is 1.30. The fourth-order valence-corrected chi connectivity index (χ4v) is 13.0. The molecular weight excluding hydrogens is 747 g/mol. The van der Waals surface area contributed by atoms with Gasteiger partial charge < -0.3 is 33.8 Å². The Morgan fingerprint density at radius 3 is 2.68 bits per heavy atom. The molecule has 7 atom stereocenters. The molecule has 296 valence electrons. The lowest BCUT2D eigenvalue weighted by Gasteiger charge is -2.61. The molecule has 0 amide bonds. The maximum atomic E-state index is 15.1. The Kier molecular flexibility index (Phi) is 8.41. The van der Waals surface area contributed by atoms with Crippen LogP contribution in [0.1, 0.15) is 68.9 Å². The number of aryl methyl sites for hydroxylation is 1. The molecule has 0 radical (unpaired) electrons. The van der Waals surface area contributed by atoms with E-state index in [0.29, 0.717) is 47.3 Å². The Labute approximate surface area is 334 Å². The van der Waals surface area contributed by atoms with Crippen LogP contribution in [0.5, 0.6) is 28.7 Å². The van der Waals surface area contributed by atoms with E-state index in [2.05, 4.69) is 37.9 Å². The van der Waals surface area contributed by atoms with E-state index in [1.54, 1.807) is 18.9 Å². The van der Waals surface area contributed by atoms with E-state index >= 15 is 4.79 Å². The molecule has 57 heavy (non-hydrogen) atoms. The number of aromatic nitrogens is 1. The number of carbonyl (C=O) groups excluding carboxylic acids is 2. The molecule has 0 aliphatic carbocycles. The van der Waals surface area contributed by atoms with E-state index < -0.39 is 40.9 Å². The molecule has 2 fully saturated rings. The van der Waals surface area contributed by atoms with E-state index in [9.17, 15) is 15.2 Å². The van der Waals surface area contributed by atoms with Crippen LogP contribution in [-0.4, -0.2) is 108 Å². The van der Waals surface area contributed by atoms with Crippen molar-refractivity contribution >= 4 is 34.4 Å². The zero-order valence-electron chi connectivity index (χ0n) is 32.8. The first kappa shape index (κ1) is 36.6. The van der Waals surface area contributed by atoms with Gasteiger partial charge in [-0.2, -0.15) is 5.26 Å². The number of benzene rings is 3. The van der Waals surface area contributed by atoms with E-state index in [1.165, 1.54) is 6.92 Å². The second kappa shape index (κ2) is 13.1. The molecule has 2 saturated heterocycles. The summed E-state index contributed by atoms with van der Waals surface area (Å²) in [6.45, 7) is 5.69. The number of phenolic OH excluding ortho intramolecular Hbond substituents is 1. The number of carbonyl (C=O) groups is 2. The second-order valence-electron chi connectivity index (χ2n) is 16.2. The van der Waals surface area contributed by atoms with Crippen molar-refractivity contribution in [2.24, 2.45) is 0 Å². The van der Waals surface area contributed by atoms with Crippen molar-refractivity contribution in [1.82, 2.24) is 19.7 Å². The van der Waals surface area contributed by atoms with Crippen molar-refractivity contribution in [3.63, 3.8) is 0 Å². The topological polar surface area (TPSA) is 150 Å². The number of piperazine rings is 1. The summed E-state index contributed by atoms with van der Waals surface area (Å²) in [7, 11) is 5.60. The number of rotatable bonds is 2. The molecule has 4 bridgehead atoms. The van der Waals surface area contributed by atoms with Crippen molar-refractivity contribution in [2.45, 2.75) is 74.6 Å². The smallest absolute Gasteiger partial charge is 0.308 e. The van der Waals surface area contributed by atoms with E-state index in [4.69, 9.17) is 23.7 Å². The van der Waals surface area contributed by atoms with Crippen LogP contribution in [0.25, 0.3) is 10.9 Å². The van der Waals surface area contributed by atoms with Crippen LogP contribution < -0.4 is 18.9 Å². The zero-order valence-corrected chi connectivity index (χ0v) is 33.6. The van der Waals surface area contributed by atoms with Gasteiger partial charge in [0.15, 0.2) is 28.8 Å². The molecule has 1 unspecified atom stereocenters. The van der Waals surface area contributed by atoms with Crippen LogP contribution in [-0.2, 0) is 32.7 Å². The van der Waals surface area contributed by atoms with Crippen molar-refractivity contribution in [1.29, 1.82) is 5.26 Å². The molecule has 1 aromatic heterocycles. The summed E-state index contributed by atoms with van der Waals surface area (Å²) in [6, 6.07) is 10.5. The predicted molar refractivity (Wildman–Crippen MR) is 211 cm³/mol. The number of nitrogens with zero attached hydrogens (tertiary/aromatic N) is 4. The lowest BCUT2D eigenvalue weighted by Crippen LogP contribution is -2.69. The number of hydrogen-bond acceptors (Lipinski definition) is 13. The van der Waals surface area contributed by atoms with E-state index in [-0.39, 0.29) is 37.6 Å². The lowest BCUT2D eigenvalue weighted by molar-refractivity contribution is -0.137. The van der Waals surface area contributed by atoms with Crippen LogP contribution in [0.3, 0.4) is 0 Å². The number of nitriles is 1. The molecular formula is C43H45N5O8S. The number of H-pyrrole nitrogens is 1. The average Bonchev–Trinajstić information content (AvgIpc) is 3.82. The SMILES string of the molecule is COc1c(C)cc2c(c1O)[C@@H]1C3[C@@H]4SC[C@]5(C(=O)COC[C@@H](c6c7c(c(C)c(OC(C)=O)c64)OCO7)N3[C@@H](C#N)[C@H](C2)N1C)c1[nH]c2ccccc2c1CCN5C. The number of fused-ring (bicyclic) bond motifs is 12. The third kappa shape index (κ3) is 4.89. The third-order valence-corrected chi connectivity index (χ3v) is 15.0. The Bertz CT molecular complexity index is 2440. The Morgan fingerprint density at radius 2 is 1.91 bits per heavy atom. The molecule has 3 aromatic carbocycles. The van der Waals surface area contributed by atoms with Crippen LogP contribution in [0, 0.1) is 25.2 Å². The molecule has 14 heteroatoms. The molecule has 8 heterocycles. The number of ketones is 1. The minimum absolute atomic E-state index is 0.0213.